The van der Waals surface area contributed by atoms with Gasteiger partial charge in [-0.1, -0.05) is 48.5 Å². The molecule has 7 heteroatoms. The zero-order chi connectivity index (χ0) is 22.9. The van der Waals surface area contributed by atoms with Crippen molar-refractivity contribution in [1.29, 1.82) is 5.26 Å². The highest BCUT2D eigenvalue weighted by molar-refractivity contribution is 6.16. The van der Waals surface area contributed by atoms with Crippen LogP contribution < -0.4 is 5.32 Å². The maximum Gasteiger partial charge on any atom is 0.249 e. The van der Waals surface area contributed by atoms with E-state index in [-0.39, 0.29) is 11.4 Å². The van der Waals surface area contributed by atoms with Crippen LogP contribution in [0.3, 0.4) is 0 Å². The molecular formula is C26H17FN4O2. The maximum atomic E-state index is 13.5. The predicted molar refractivity (Wildman–Crippen MR) is 120 cm³/mol. The molecule has 1 heterocycles. The molecule has 0 radical (unpaired) electrons. The van der Waals surface area contributed by atoms with Gasteiger partial charge in [-0.3, -0.25) is 9.59 Å². The zero-order valence-corrected chi connectivity index (χ0v) is 17.3. The molecule has 1 aliphatic rings. The monoisotopic (exact) mass is 436 g/mol. The molecule has 0 fully saturated rings. The number of nitrogens with one attached hydrogen (secondary N) is 1. The van der Waals surface area contributed by atoms with Crippen molar-refractivity contribution in [1.82, 2.24) is 9.78 Å². The van der Waals surface area contributed by atoms with Crippen molar-refractivity contribution in [2.24, 2.45) is 5.92 Å². The number of ketones is 1. The van der Waals surface area contributed by atoms with E-state index in [9.17, 15) is 19.2 Å². The Kier molecular flexibility index (Phi) is 5.04. The lowest BCUT2D eigenvalue weighted by molar-refractivity contribution is -0.117. The molecule has 6 nitrogen and oxygen atoms in total. The van der Waals surface area contributed by atoms with Crippen molar-refractivity contribution in [2.75, 3.05) is 5.32 Å². The molecular weight excluding hydrogens is 419 g/mol. The smallest absolute Gasteiger partial charge is 0.249 e. The summed E-state index contributed by atoms with van der Waals surface area (Å²) in [4.78, 5) is 26.2. The van der Waals surface area contributed by atoms with E-state index >= 15 is 0 Å². The van der Waals surface area contributed by atoms with E-state index in [0.717, 1.165) is 28.6 Å². The lowest BCUT2D eigenvalue weighted by atomic mass is 9.98. The predicted octanol–water partition coefficient (Wildman–Crippen LogP) is 4.54. The minimum absolute atomic E-state index is 0.0889. The number of aromatic nitrogens is 2. The van der Waals surface area contributed by atoms with Gasteiger partial charge in [0, 0.05) is 23.2 Å². The molecule has 5 rings (SSSR count). The summed E-state index contributed by atoms with van der Waals surface area (Å²) in [6.45, 7) is 0. The molecule has 0 bridgehead atoms. The fraction of sp³-hybridized carbons (Fsp3) is 0.0769. The summed E-state index contributed by atoms with van der Waals surface area (Å²) in [5.41, 5.74) is 4.49. The van der Waals surface area contributed by atoms with Crippen molar-refractivity contribution in [3.05, 3.63) is 102 Å². The molecule has 1 N–H and O–H groups in total. The van der Waals surface area contributed by atoms with Crippen molar-refractivity contribution in [3.8, 4) is 23.0 Å². The summed E-state index contributed by atoms with van der Waals surface area (Å²) < 4.78 is 15.2. The first-order valence-electron chi connectivity index (χ1n) is 10.3. The Hall–Kier alpha value is -4.57. The van der Waals surface area contributed by atoms with Crippen LogP contribution in [0.15, 0.2) is 78.9 Å². The topological polar surface area (TPSA) is 87.8 Å². The summed E-state index contributed by atoms with van der Waals surface area (Å²) in [5.74, 6) is -3.68. The first kappa shape index (κ1) is 20.3. The summed E-state index contributed by atoms with van der Waals surface area (Å²) >= 11 is 0. The van der Waals surface area contributed by atoms with E-state index in [2.05, 4.69) is 10.4 Å². The highest BCUT2D eigenvalue weighted by Crippen LogP contribution is 2.40. The number of carbonyl (C=O) groups excluding carboxylic acids is 2. The molecule has 0 saturated heterocycles. The van der Waals surface area contributed by atoms with Crippen LogP contribution in [0.4, 0.5) is 10.1 Å². The fourth-order valence-electron chi connectivity index (χ4n) is 4.10. The highest BCUT2D eigenvalue weighted by Gasteiger charge is 2.36. The fourth-order valence-corrected chi connectivity index (χ4v) is 4.10. The number of hydrogen-bond donors (Lipinski definition) is 1. The van der Waals surface area contributed by atoms with Crippen LogP contribution in [-0.4, -0.2) is 21.5 Å². The Morgan fingerprint density at radius 2 is 1.79 bits per heavy atom. The largest absolute Gasteiger partial charge is 0.324 e. The molecule has 1 aliphatic carbocycles. The van der Waals surface area contributed by atoms with Crippen LogP contribution in [0.5, 0.6) is 0 Å². The van der Waals surface area contributed by atoms with Gasteiger partial charge in [0.2, 0.25) is 11.7 Å². The molecule has 0 aliphatic heterocycles. The maximum absolute atomic E-state index is 13.5. The van der Waals surface area contributed by atoms with E-state index in [1.54, 1.807) is 10.8 Å². The SMILES string of the molecule is N#CC(C(=O)Nc1cccc(F)c1)C(=O)c1nn(-c2ccccc2)c2c1Cc1ccccc1-2. The quantitative estimate of drug-likeness (QED) is 0.324. The highest BCUT2D eigenvalue weighted by atomic mass is 19.1. The Bertz CT molecular complexity index is 1440. The van der Waals surface area contributed by atoms with Gasteiger partial charge in [-0.2, -0.15) is 10.4 Å². The van der Waals surface area contributed by atoms with Crippen molar-refractivity contribution in [2.45, 2.75) is 6.42 Å². The standard InChI is InChI=1S/C26H17FN4O2/c27-17-8-6-9-18(14-17)29-26(33)22(15-28)25(32)23-21-13-16-7-4-5-12-20(16)24(21)31(30-23)19-10-2-1-3-11-19/h1-12,14,22H,13H2,(H,29,33). The number of fused-ring (bicyclic) bond motifs is 3. The second-order valence-electron chi connectivity index (χ2n) is 7.68. The minimum atomic E-state index is -1.62. The number of anilines is 1. The van der Waals surface area contributed by atoms with E-state index < -0.39 is 23.4 Å². The van der Waals surface area contributed by atoms with Crippen molar-refractivity contribution >= 4 is 17.4 Å². The van der Waals surface area contributed by atoms with Gasteiger partial charge in [-0.05, 0) is 35.9 Å². The molecule has 4 aromatic rings. The first-order chi connectivity index (χ1) is 16.1. The average Bonchev–Trinajstić information content (AvgIpc) is 3.37. The van der Waals surface area contributed by atoms with Crippen LogP contribution in [0.25, 0.3) is 16.9 Å². The Labute approximate surface area is 188 Å². The van der Waals surface area contributed by atoms with Gasteiger partial charge in [0.1, 0.15) is 11.5 Å². The zero-order valence-electron chi connectivity index (χ0n) is 17.3. The van der Waals surface area contributed by atoms with Gasteiger partial charge in [-0.25, -0.2) is 9.07 Å². The van der Waals surface area contributed by atoms with Crippen LogP contribution in [0.1, 0.15) is 21.6 Å². The molecule has 1 aromatic heterocycles. The van der Waals surface area contributed by atoms with E-state index in [1.807, 2.05) is 54.6 Å². The minimum Gasteiger partial charge on any atom is -0.324 e. The Balaban J connectivity index is 1.55. The summed E-state index contributed by atoms with van der Waals surface area (Å²) in [7, 11) is 0. The Morgan fingerprint density at radius 3 is 2.55 bits per heavy atom. The number of carbonyl (C=O) groups is 2. The number of para-hydroxylation sites is 1. The lowest BCUT2D eigenvalue weighted by Gasteiger charge is -2.09. The molecule has 0 spiro atoms. The average molecular weight is 436 g/mol. The van der Waals surface area contributed by atoms with Crippen LogP contribution >= 0.6 is 0 Å². The summed E-state index contributed by atoms with van der Waals surface area (Å²) in [6, 6.07) is 24.2. The van der Waals surface area contributed by atoms with Gasteiger partial charge in [0.15, 0.2) is 5.92 Å². The second-order valence-corrected chi connectivity index (χ2v) is 7.68. The third kappa shape index (κ3) is 3.58. The number of nitrogens with zero attached hydrogens (tertiary/aromatic N) is 3. The lowest BCUT2D eigenvalue weighted by Crippen LogP contribution is -2.29. The van der Waals surface area contributed by atoms with E-state index in [4.69, 9.17) is 0 Å². The van der Waals surface area contributed by atoms with Gasteiger partial charge < -0.3 is 5.32 Å². The number of hydrogen-bond acceptors (Lipinski definition) is 4. The van der Waals surface area contributed by atoms with Gasteiger partial charge in [0.25, 0.3) is 0 Å². The molecule has 0 saturated carbocycles. The molecule has 1 atom stereocenters. The number of nitriles is 1. The molecule has 3 aromatic carbocycles. The molecule has 1 amide bonds. The van der Waals surface area contributed by atoms with Gasteiger partial charge in [0.05, 0.1) is 17.5 Å². The van der Waals surface area contributed by atoms with Crippen LogP contribution in [-0.2, 0) is 11.2 Å². The normalized spacial score (nSPS) is 12.4. The van der Waals surface area contributed by atoms with Crippen LogP contribution in [0, 0.1) is 23.1 Å². The number of benzene rings is 3. The van der Waals surface area contributed by atoms with E-state index in [1.165, 1.54) is 18.2 Å². The molecule has 1 unspecified atom stereocenters. The number of halogens is 1. The Morgan fingerprint density at radius 1 is 1.03 bits per heavy atom. The second kappa shape index (κ2) is 8.17. The third-order valence-electron chi connectivity index (χ3n) is 5.60. The van der Waals surface area contributed by atoms with Crippen molar-refractivity contribution < 1.29 is 14.0 Å². The first-order valence-corrected chi connectivity index (χ1v) is 10.3. The van der Waals surface area contributed by atoms with Crippen molar-refractivity contribution in [3.63, 3.8) is 0 Å². The van der Waals surface area contributed by atoms with Gasteiger partial charge in [-0.15, -0.1) is 0 Å². The summed E-state index contributed by atoms with van der Waals surface area (Å²) in [5, 5.41) is 16.7. The number of amides is 1. The summed E-state index contributed by atoms with van der Waals surface area (Å²) in [6.07, 6.45) is 0.475. The van der Waals surface area contributed by atoms with Crippen LogP contribution in [0.2, 0.25) is 0 Å². The third-order valence-corrected chi connectivity index (χ3v) is 5.60. The van der Waals surface area contributed by atoms with Gasteiger partial charge >= 0.3 is 0 Å². The number of Topliss-reactive ketones (excluding diaryl/α,β-unsaturated/α-hetero) is 1. The molecule has 33 heavy (non-hydrogen) atoms. The molecule has 160 valence electrons. The van der Waals surface area contributed by atoms with E-state index in [0.29, 0.717) is 12.0 Å². The number of rotatable bonds is 5.